The van der Waals surface area contributed by atoms with Crippen LogP contribution in [0.2, 0.25) is 0 Å². The smallest absolute Gasteiger partial charge is 0.253 e. The lowest BCUT2D eigenvalue weighted by atomic mass is 10.1. The van der Waals surface area contributed by atoms with Crippen LogP contribution in [0.25, 0.3) is 0 Å². The molecule has 2 aromatic rings. The number of rotatable bonds is 8. The Morgan fingerprint density at radius 1 is 0.969 bits per heavy atom. The molecule has 2 aliphatic rings. The first-order chi connectivity index (χ1) is 15.6. The molecule has 1 saturated carbocycles. The molecule has 4 rings (SSSR count). The number of benzene rings is 2. The van der Waals surface area contributed by atoms with Gasteiger partial charge in [-0.25, -0.2) is 0 Å². The number of nitrogens with one attached hydrogen (secondary N) is 2. The minimum absolute atomic E-state index is 0.0315. The molecule has 0 aromatic heterocycles. The molecule has 2 N–H and O–H groups in total. The van der Waals surface area contributed by atoms with E-state index in [4.69, 9.17) is 9.47 Å². The maximum absolute atomic E-state index is 13.0. The summed E-state index contributed by atoms with van der Waals surface area (Å²) >= 11 is 0. The summed E-state index contributed by atoms with van der Waals surface area (Å²) in [5.74, 6) is 0.512. The van der Waals surface area contributed by atoms with Crippen LogP contribution in [0.3, 0.4) is 0 Å². The number of nitrogens with zero attached hydrogens (tertiary/aromatic N) is 2. The fraction of sp³-hybridized carbons (Fsp3) is 0.417. The van der Waals surface area contributed by atoms with Crippen LogP contribution in [-0.2, 0) is 9.53 Å². The lowest BCUT2D eigenvalue weighted by Gasteiger charge is -2.38. The van der Waals surface area contributed by atoms with Crippen molar-refractivity contribution in [2.45, 2.75) is 18.9 Å². The molecule has 1 saturated heterocycles. The monoisotopic (exact) mass is 438 g/mol. The van der Waals surface area contributed by atoms with Gasteiger partial charge in [-0.1, -0.05) is 12.1 Å². The van der Waals surface area contributed by atoms with E-state index in [-0.39, 0.29) is 24.5 Å². The van der Waals surface area contributed by atoms with E-state index in [0.717, 1.165) is 56.1 Å². The van der Waals surface area contributed by atoms with E-state index in [1.54, 1.807) is 13.2 Å². The third-order valence-corrected chi connectivity index (χ3v) is 5.76. The van der Waals surface area contributed by atoms with Gasteiger partial charge in [0, 0.05) is 50.7 Å². The average Bonchev–Trinajstić information content (AvgIpc) is 3.63. The maximum atomic E-state index is 13.0. The van der Waals surface area contributed by atoms with E-state index in [2.05, 4.69) is 26.5 Å². The highest BCUT2D eigenvalue weighted by Gasteiger charge is 2.27. The summed E-state index contributed by atoms with van der Waals surface area (Å²) in [7, 11) is 3.16. The van der Waals surface area contributed by atoms with Crippen molar-refractivity contribution in [3.8, 4) is 5.75 Å². The predicted octanol–water partition coefficient (Wildman–Crippen LogP) is 2.50. The molecule has 0 radical (unpaired) electrons. The number of hydrogen-bond donors (Lipinski definition) is 2. The van der Waals surface area contributed by atoms with Gasteiger partial charge in [-0.05, 0) is 43.2 Å². The summed E-state index contributed by atoms with van der Waals surface area (Å²) in [5.41, 5.74) is 3.13. The molecule has 32 heavy (non-hydrogen) atoms. The van der Waals surface area contributed by atoms with E-state index in [1.165, 1.54) is 7.11 Å². The molecule has 1 heterocycles. The molecule has 1 aliphatic heterocycles. The molecule has 1 aliphatic carbocycles. The van der Waals surface area contributed by atoms with Crippen molar-refractivity contribution in [1.82, 2.24) is 5.32 Å². The van der Waals surface area contributed by atoms with Crippen molar-refractivity contribution >= 4 is 28.9 Å². The number of ether oxygens (including phenoxy) is 2. The summed E-state index contributed by atoms with van der Waals surface area (Å²) in [6.07, 6.45) is 2.03. The number of para-hydroxylation sites is 2. The Labute approximate surface area is 188 Å². The fourth-order valence-corrected chi connectivity index (χ4v) is 3.97. The minimum Gasteiger partial charge on any atom is -0.495 e. The summed E-state index contributed by atoms with van der Waals surface area (Å²) in [6.45, 7) is 3.15. The Bertz CT molecular complexity index is 968. The number of methoxy groups -OCH3 is 2. The molecule has 0 spiro atoms. The van der Waals surface area contributed by atoms with Crippen molar-refractivity contribution in [3.05, 3.63) is 48.0 Å². The zero-order valence-corrected chi connectivity index (χ0v) is 18.6. The third kappa shape index (κ3) is 5.13. The first kappa shape index (κ1) is 22.0. The Hall–Kier alpha value is -3.26. The van der Waals surface area contributed by atoms with Crippen molar-refractivity contribution in [1.29, 1.82) is 0 Å². The molecule has 8 nitrogen and oxygen atoms in total. The van der Waals surface area contributed by atoms with E-state index in [0.29, 0.717) is 11.3 Å². The van der Waals surface area contributed by atoms with Gasteiger partial charge in [0.25, 0.3) is 5.91 Å². The van der Waals surface area contributed by atoms with Crippen LogP contribution in [-0.4, -0.2) is 64.9 Å². The summed E-state index contributed by atoms with van der Waals surface area (Å²) in [6, 6.07) is 13.8. The molecule has 170 valence electrons. The third-order valence-electron chi connectivity index (χ3n) is 5.76. The molecule has 2 aromatic carbocycles. The van der Waals surface area contributed by atoms with Crippen molar-refractivity contribution in [2.24, 2.45) is 0 Å². The van der Waals surface area contributed by atoms with E-state index in [9.17, 15) is 9.59 Å². The van der Waals surface area contributed by atoms with E-state index in [1.807, 2.05) is 30.3 Å². The quantitative estimate of drug-likeness (QED) is 0.659. The Morgan fingerprint density at radius 3 is 2.31 bits per heavy atom. The average molecular weight is 439 g/mol. The molecule has 0 unspecified atom stereocenters. The summed E-state index contributed by atoms with van der Waals surface area (Å²) in [5, 5.41) is 5.87. The molecule has 0 atom stereocenters. The molecular formula is C24H30N4O4. The molecule has 0 bridgehead atoms. The van der Waals surface area contributed by atoms with Crippen LogP contribution in [0.5, 0.6) is 5.75 Å². The number of carbonyl (C=O) groups excluding carboxylic acids is 2. The van der Waals surface area contributed by atoms with Gasteiger partial charge in [0.2, 0.25) is 5.91 Å². The van der Waals surface area contributed by atoms with E-state index < -0.39 is 0 Å². The largest absolute Gasteiger partial charge is 0.495 e. The molecular weight excluding hydrogens is 408 g/mol. The van der Waals surface area contributed by atoms with Crippen LogP contribution in [0.15, 0.2) is 42.5 Å². The first-order valence-corrected chi connectivity index (χ1v) is 11.0. The SMILES string of the molecule is COCC(=O)Nc1ccc(N2CCN(c3ccccc3OC)CC2)c(C(=O)NC2CC2)c1. The first-order valence-electron chi connectivity index (χ1n) is 11.0. The lowest BCUT2D eigenvalue weighted by molar-refractivity contribution is -0.119. The van der Waals surface area contributed by atoms with Gasteiger partial charge >= 0.3 is 0 Å². The van der Waals surface area contributed by atoms with Crippen LogP contribution < -0.4 is 25.2 Å². The second kappa shape index (κ2) is 9.91. The lowest BCUT2D eigenvalue weighted by Crippen LogP contribution is -2.47. The summed E-state index contributed by atoms with van der Waals surface area (Å²) < 4.78 is 10.4. The van der Waals surface area contributed by atoms with Crippen LogP contribution >= 0.6 is 0 Å². The highest BCUT2D eigenvalue weighted by atomic mass is 16.5. The zero-order valence-electron chi connectivity index (χ0n) is 18.6. The molecule has 2 fully saturated rings. The van der Waals surface area contributed by atoms with Gasteiger partial charge < -0.3 is 29.9 Å². The Kier molecular flexibility index (Phi) is 6.80. The summed E-state index contributed by atoms with van der Waals surface area (Å²) in [4.78, 5) is 29.5. The fourth-order valence-electron chi connectivity index (χ4n) is 3.97. The number of anilines is 3. The van der Waals surface area contributed by atoms with Gasteiger partial charge in [-0.2, -0.15) is 0 Å². The van der Waals surface area contributed by atoms with E-state index >= 15 is 0 Å². The van der Waals surface area contributed by atoms with Crippen LogP contribution in [0.4, 0.5) is 17.1 Å². The standard InChI is InChI=1S/C24H30N4O4/c1-31-16-23(29)25-18-9-10-20(19(15-18)24(30)26-17-7-8-17)27-11-13-28(14-12-27)21-5-3-4-6-22(21)32-2/h3-6,9-10,15,17H,7-8,11-14,16H2,1-2H3,(H,25,29)(H,26,30). The van der Waals surface area contributed by atoms with Crippen LogP contribution in [0.1, 0.15) is 23.2 Å². The van der Waals surface area contributed by atoms with Crippen molar-refractivity contribution < 1.29 is 19.1 Å². The predicted molar refractivity (Wildman–Crippen MR) is 125 cm³/mol. The van der Waals surface area contributed by atoms with Crippen molar-refractivity contribution in [2.75, 3.05) is 62.1 Å². The van der Waals surface area contributed by atoms with Gasteiger partial charge in [0.05, 0.1) is 18.4 Å². The normalized spacial score (nSPS) is 15.9. The topological polar surface area (TPSA) is 83.1 Å². The number of hydrogen-bond acceptors (Lipinski definition) is 6. The molecule has 8 heteroatoms. The highest BCUT2D eigenvalue weighted by Crippen LogP contribution is 2.31. The molecule has 2 amide bonds. The van der Waals surface area contributed by atoms with Gasteiger partial charge in [0.15, 0.2) is 0 Å². The second-order valence-electron chi connectivity index (χ2n) is 8.11. The highest BCUT2D eigenvalue weighted by molar-refractivity contribution is 6.02. The number of amides is 2. The maximum Gasteiger partial charge on any atom is 0.253 e. The van der Waals surface area contributed by atoms with Gasteiger partial charge in [0.1, 0.15) is 12.4 Å². The van der Waals surface area contributed by atoms with Crippen molar-refractivity contribution in [3.63, 3.8) is 0 Å². The van der Waals surface area contributed by atoms with Crippen LogP contribution in [0, 0.1) is 0 Å². The Balaban J connectivity index is 1.51. The second-order valence-corrected chi connectivity index (χ2v) is 8.11. The van der Waals surface area contributed by atoms with Gasteiger partial charge in [-0.15, -0.1) is 0 Å². The number of carbonyl (C=O) groups is 2. The minimum atomic E-state index is -0.251. The van der Waals surface area contributed by atoms with Gasteiger partial charge in [-0.3, -0.25) is 9.59 Å². The zero-order chi connectivity index (χ0) is 22.5. The number of piperazine rings is 1. The Morgan fingerprint density at radius 2 is 1.66 bits per heavy atom.